The first kappa shape index (κ1) is 64.5. The van der Waals surface area contributed by atoms with Crippen LogP contribution in [0.2, 0.25) is 0 Å². The zero-order chi connectivity index (χ0) is 48.8. The molecule has 0 aromatic rings. The number of esters is 2. The van der Waals surface area contributed by atoms with Crippen LogP contribution in [-0.2, 0) is 46.3 Å². The Morgan fingerprint density at radius 1 is 0.394 bits per heavy atom. The van der Waals surface area contributed by atoms with Gasteiger partial charge in [-0.15, -0.1) is 0 Å². The van der Waals surface area contributed by atoms with Gasteiger partial charge >= 0.3 is 27.6 Å². The van der Waals surface area contributed by atoms with Gasteiger partial charge in [0.25, 0.3) is 0 Å². The number of hydrogen-bond donors (Lipinski definition) is 5. The first-order valence-electron chi connectivity index (χ1n) is 25.7. The standard InChI is InChI=1S/C49H94O15P2/c1-3-5-7-9-11-13-15-17-19-20-21-22-24-26-28-30-32-34-36-38-49(54)60-40-46(51)42-62-66(57,58)64-44-47(52)43-63-65(55,56)61-41-45(50)39-59-48(53)37-35-33-31-29-27-25-23-18-16-14-12-10-8-6-4-2/h12,14,16,18,45-47,50-52H,3-11,13,15,17,19-44H2,1-2H3,(H,55,56)(H,57,58)/b14-12+,18-16+. The Balaban J connectivity index is 3.84. The van der Waals surface area contributed by atoms with Crippen molar-refractivity contribution in [2.75, 3.05) is 39.6 Å². The Hall–Kier alpha value is -1.48. The molecule has 15 nitrogen and oxygen atoms in total. The van der Waals surface area contributed by atoms with Crippen LogP contribution < -0.4 is 0 Å². The fraction of sp³-hybridized carbons (Fsp3) is 0.878. The molecule has 5 unspecified atom stereocenters. The Labute approximate surface area is 399 Å². The Bertz CT molecular complexity index is 1280. The molecule has 0 rings (SSSR count). The molecule has 0 radical (unpaired) electrons. The fourth-order valence-electron chi connectivity index (χ4n) is 6.91. The highest BCUT2D eigenvalue weighted by Gasteiger charge is 2.28. The summed E-state index contributed by atoms with van der Waals surface area (Å²) in [5.74, 6) is -0.998. The molecule has 0 aliphatic carbocycles. The molecule has 5 N–H and O–H groups in total. The van der Waals surface area contributed by atoms with Crippen LogP contribution in [0, 0.1) is 0 Å². The van der Waals surface area contributed by atoms with E-state index in [1.807, 2.05) is 0 Å². The number of hydrogen-bond acceptors (Lipinski definition) is 13. The van der Waals surface area contributed by atoms with Crippen molar-refractivity contribution >= 4 is 27.6 Å². The molecule has 5 atom stereocenters. The summed E-state index contributed by atoms with van der Waals surface area (Å²) in [6, 6.07) is 0. The number of allylic oxidation sites excluding steroid dienone is 4. The zero-order valence-corrected chi connectivity index (χ0v) is 42.9. The molecule has 0 amide bonds. The molecule has 0 spiro atoms. The molecular formula is C49H94O15P2. The van der Waals surface area contributed by atoms with E-state index in [0.717, 1.165) is 64.2 Å². The lowest BCUT2D eigenvalue weighted by Crippen LogP contribution is -2.25. The van der Waals surface area contributed by atoms with E-state index < -0.39 is 85.5 Å². The van der Waals surface area contributed by atoms with Crippen LogP contribution in [0.4, 0.5) is 0 Å². The van der Waals surface area contributed by atoms with E-state index in [1.54, 1.807) is 0 Å². The van der Waals surface area contributed by atoms with Crippen molar-refractivity contribution < 1.29 is 71.4 Å². The molecule has 0 bridgehead atoms. The van der Waals surface area contributed by atoms with Gasteiger partial charge in [0, 0.05) is 12.8 Å². The number of unbranched alkanes of at least 4 members (excludes halogenated alkanes) is 27. The van der Waals surface area contributed by atoms with Gasteiger partial charge in [-0.25, -0.2) is 9.13 Å². The van der Waals surface area contributed by atoms with Gasteiger partial charge in [0.05, 0.1) is 26.4 Å². The monoisotopic (exact) mass is 985 g/mol. The molecule has 0 heterocycles. The summed E-state index contributed by atoms with van der Waals surface area (Å²) in [4.78, 5) is 43.8. The molecule has 0 aliphatic rings. The summed E-state index contributed by atoms with van der Waals surface area (Å²) in [5.41, 5.74) is 0. The van der Waals surface area contributed by atoms with Gasteiger partial charge in [-0.05, 0) is 38.5 Å². The zero-order valence-electron chi connectivity index (χ0n) is 41.1. The number of aliphatic hydroxyl groups excluding tert-OH is 3. The number of rotatable bonds is 50. The highest BCUT2D eigenvalue weighted by atomic mass is 31.2. The van der Waals surface area contributed by atoms with Crippen LogP contribution in [-0.4, -0.2) is 95.0 Å². The lowest BCUT2D eigenvalue weighted by Gasteiger charge is -2.19. The molecule has 0 saturated heterocycles. The number of phosphoric ester groups is 2. The van der Waals surface area contributed by atoms with E-state index in [0.29, 0.717) is 12.8 Å². The van der Waals surface area contributed by atoms with Crippen molar-refractivity contribution in [3.8, 4) is 0 Å². The van der Waals surface area contributed by atoms with Crippen molar-refractivity contribution in [2.24, 2.45) is 0 Å². The summed E-state index contributed by atoms with van der Waals surface area (Å²) in [7, 11) is -9.57. The van der Waals surface area contributed by atoms with Crippen LogP contribution in [0.3, 0.4) is 0 Å². The number of carbonyl (C=O) groups is 2. The SMILES string of the molecule is CCCCC/C=C/C=C/CCCCCCCCC(=O)OCC(O)COP(=O)(O)OCC(O)COP(=O)(O)OCC(O)COC(=O)CCCCCCCCCCCCCCCCCCCCC. The van der Waals surface area contributed by atoms with E-state index in [4.69, 9.17) is 14.0 Å². The number of aliphatic hydroxyl groups is 3. The lowest BCUT2D eigenvalue weighted by molar-refractivity contribution is -0.148. The van der Waals surface area contributed by atoms with E-state index in [-0.39, 0.29) is 12.8 Å². The maximum atomic E-state index is 12.2. The van der Waals surface area contributed by atoms with Gasteiger partial charge in [-0.1, -0.05) is 192 Å². The van der Waals surface area contributed by atoms with Gasteiger partial charge in [0.2, 0.25) is 0 Å². The average Bonchev–Trinajstić information content (AvgIpc) is 3.29. The van der Waals surface area contributed by atoms with Crippen molar-refractivity contribution in [1.29, 1.82) is 0 Å². The summed E-state index contributed by atoms with van der Waals surface area (Å²) in [5, 5.41) is 30.1. The van der Waals surface area contributed by atoms with E-state index in [2.05, 4.69) is 51.7 Å². The van der Waals surface area contributed by atoms with Crippen molar-refractivity contribution in [3.63, 3.8) is 0 Å². The maximum Gasteiger partial charge on any atom is 0.472 e. The molecule has 0 fully saturated rings. The summed E-state index contributed by atoms with van der Waals surface area (Å²) in [6.45, 7) is 0.417. The lowest BCUT2D eigenvalue weighted by atomic mass is 10.0. The second-order valence-corrected chi connectivity index (χ2v) is 20.5. The van der Waals surface area contributed by atoms with Gasteiger partial charge in [0.1, 0.15) is 31.5 Å². The largest absolute Gasteiger partial charge is 0.472 e. The normalized spacial score (nSPS) is 15.2. The minimum atomic E-state index is -4.79. The quantitative estimate of drug-likeness (QED) is 0.0165. The van der Waals surface area contributed by atoms with Crippen LogP contribution in [0.5, 0.6) is 0 Å². The minimum absolute atomic E-state index is 0.185. The van der Waals surface area contributed by atoms with Crippen molar-refractivity contribution in [1.82, 2.24) is 0 Å². The van der Waals surface area contributed by atoms with E-state index in [9.17, 15) is 43.8 Å². The smallest absolute Gasteiger partial charge is 0.463 e. The topological polar surface area (TPSA) is 225 Å². The molecule has 0 aromatic carbocycles. The second kappa shape index (κ2) is 45.9. The van der Waals surface area contributed by atoms with Crippen molar-refractivity contribution in [3.05, 3.63) is 24.3 Å². The third-order valence-corrected chi connectivity index (χ3v) is 12.8. The molecule has 17 heteroatoms. The predicted molar refractivity (Wildman–Crippen MR) is 261 cm³/mol. The fourth-order valence-corrected chi connectivity index (χ4v) is 8.50. The average molecular weight is 985 g/mol. The molecule has 390 valence electrons. The highest BCUT2D eigenvalue weighted by Crippen LogP contribution is 2.45. The number of phosphoric acid groups is 2. The van der Waals surface area contributed by atoms with Crippen LogP contribution in [0.25, 0.3) is 0 Å². The Kier molecular flexibility index (Phi) is 44.9. The van der Waals surface area contributed by atoms with Gasteiger partial charge in [-0.3, -0.25) is 27.7 Å². The Morgan fingerprint density at radius 2 is 0.636 bits per heavy atom. The molecule has 0 saturated carbocycles. The maximum absolute atomic E-state index is 12.2. The minimum Gasteiger partial charge on any atom is -0.463 e. The summed E-state index contributed by atoms with van der Waals surface area (Å²) >= 11 is 0. The summed E-state index contributed by atoms with van der Waals surface area (Å²) < 4.78 is 53.1. The third-order valence-electron chi connectivity index (χ3n) is 10.9. The number of ether oxygens (including phenoxy) is 2. The summed E-state index contributed by atoms with van der Waals surface area (Å²) in [6.07, 6.45) is 40.2. The Morgan fingerprint density at radius 3 is 0.955 bits per heavy atom. The van der Waals surface area contributed by atoms with E-state index in [1.165, 1.54) is 116 Å². The molecule has 0 aliphatic heterocycles. The van der Waals surface area contributed by atoms with Gasteiger partial charge in [0.15, 0.2) is 0 Å². The van der Waals surface area contributed by atoms with Gasteiger partial charge in [-0.2, -0.15) is 0 Å². The molecular weight excluding hydrogens is 890 g/mol. The number of carbonyl (C=O) groups excluding carboxylic acids is 2. The molecule has 0 aromatic heterocycles. The third kappa shape index (κ3) is 47.6. The first-order valence-corrected chi connectivity index (χ1v) is 28.7. The van der Waals surface area contributed by atoms with Crippen LogP contribution in [0.15, 0.2) is 24.3 Å². The van der Waals surface area contributed by atoms with Gasteiger partial charge < -0.3 is 34.6 Å². The second-order valence-electron chi connectivity index (χ2n) is 17.6. The van der Waals surface area contributed by atoms with Crippen LogP contribution >= 0.6 is 15.6 Å². The first-order chi connectivity index (χ1) is 31.8. The molecule has 66 heavy (non-hydrogen) atoms. The van der Waals surface area contributed by atoms with Crippen molar-refractivity contribution in [2.45, 2.75) is 238 Å². The van der Waals surface area contributed by atoms with Crippen LogP contribution in [0.1, 0.15) is 219 Å². The predicted octanol–water partition coefficient (Wildman–Crippen LogP) is 12.1. The van der Waals surface area contributed by atoms with E-state index >= 15 is 0 Å². The highest BCUT2D eigenvalue weighted by molar-refractivity contribution is 7.47.